The largest absolute Gasteiger partial charge is 0.385 e. The van der Waals surface area contributed by atoms with E-state index >= 15 is 0 Å². The van der Waals surface area contributed by atoms with Gasteiger partial charge in [0.25, 0.3) is 0 Å². The smallest absolute Gasteiger partial charge is 0.242 e. The highest BCUT2D eigenvalue weighted by Crippen LogP contribution is 1.98. The summed E-state index contributed by atoms with van der Waals surface area (Å²) >= 11 is 0. The molecule has 1 fully saturated rings. The molecule has 1 aliphatic heterocycles. The Bertz CT molecular complexity index is 298. The summed E-state index contributed by atoms with van der Waals surface area (Å²) in [5.41, 5.74) is 0. The van der Waals surface area contributed by atoms with E-state index in [0.29, 0.717) is 32.9 Å². The number of methoxy groups -OCH3 is 1. The Morgan fingerprint density at radius 3 is 2.85 bits per heavy atom. The molecule has 1 rings (SSSR count). The van der Waals surface area contributed by atoms with Crippen LogP contribution in [0.15, 0.2) is 0 Å². The van der Waals surface area contributed by atoms with E-state index in [9.17, 15) is 9.59 Å². The zero-order chi connectivity index (χ0) is 14.1. The molecule has 118 valence electrons. The van der Waals surface area contributed by atoms with E-state index in [1.165, 1.54) is 4.90 Å². The van der Waals surface area contributed by atoms with Gasteiger partial charge in [0.1, 0.15) is 6.04 Å². The van der Waals surface area contributed by atoms with Crippen molar-refractivity contribution in [2.45, 2.75) is 12.5 Å². The number of carbonyl (C=O) groups is 2. The average molecular weight is 310 g/mol. The Labute approximate surface area is 125 Å². The minimum Gasteiger partial charge on any atom is -0.385 e. The van der Waals surface area contributed by atoms with Crippen LogP contribution in [0.3, 0.4) is 0 Å². The summed E-state index contributed by atoms with van der Waals surface area (Å²) in [5, 5.41) is 5.81. The van der Waals surface area contributed by atoms with Crippen LogP contribution in [0.25, 0.3) is 0 Å². The topological polar surface area (TPSA) is 79.9 Å². The van der Waals surface area contributed by atoms with E-state index in [1.807, 2.05) is 0 Å². The SMILES string of the molecule is COCCCNC(=O)CN(C)C(=O)C1COCCN1.Cl. The number of nitrogens with zero attached hydrogens (tertiary/aromatic N) is 1. The highest BCUT2D eigenvalue weighted by molar-refractivity contribution is 5.87. The van der Waals surface area contributed by atoms with Crippen molar-refractivity contribution in [3.8, 4) is 0 Å². The number of likely N-dealkylation sites (N-methyl/N-ethyl adjacent to an activating group) is 1. The van der Waals surface area contributed by atoms with Crippen LogP contribution in [0.1, 0.15) is 6.42 Å². The zero-order valence-electron chi connectivity index (χ0n) is 12.0. The fourth-order valence-electron chi connectivity index (χ4n) is 1.78. The summed E-state index contributed by atoms with van der Waals surface area (Å²) in [7, 11) is 3.24. The lowest BCUT2D eigenvalue weighted by atomic mass is 10.2. The van der Waals surface area contributed by atoms with Gasteiger partial charge in [0.15, 0.2) is 0 Å². The predicted molar refractivity (Wildman–Crippen MR) is 77.0 cm³/mol. The molecule has 8 heteroatoms. The second-order valence-electron chi connectivity index (χ2n) is 4.47. The predicted octanol–water partition coefficient (Wildman–Crippen LogP) is -0.992. The molecule has 20 heavy (non-hydrogen) atoms. The van der Waals surface area contributed by atoms with Crippen LogP contribution < -0.4 is 10.6 Å². The van der Waals surface area contributed by atoms with Crippen LogP contribution >= 0.6 is 12.4 Å². The molecule has 0 spiro atoms. The summed E-state index contributed by atoms with van der Waals surface area (Å²) in [6, 6.07) is -0.347. The number of amides is 2. The summed E-state index contributed by atoms with van der Waals surface area (Å²) < 4.78 is 10.1. The number of rotatable bonds is 7. The van der Waals surface area contributed by atoms with Gasteiger partial charge < -0.3 is 25.0 Å². The molecule has 0 saturated carbocycles. The van der Waals surface area contributed by atoms with E-state index < -0.39 is 0 Å². The standard InChI is InChI=1S/C12H23N3O4.ClH/c1-15(8-11(16)14-4-3-6-18-2)12(17)10-9-19-7-5-13-10;/h10,13H,3-9H2,1-2H3,(H,14,16);1H. The molecule has 0 radical (unpaired) electrons. The monoisotopic (exact) mass is 309 g/mol. The minimum absolute atomic E-state index is 0. The number of halogens is 1. The molecule has 1 atom stereocenters. The number of ether oxygens (including phenoxy) is 2. The highest BCUT2D eigenvalue weighted by atomic mass is 35.5. The maximum atomic E-state index is 12.0. The van der Waals surface area contributed by atoms with Crippen LogP contribution in [0.4, 0.5) is 0 Å². The lowest BCUT2D eigenvalue weighted by Gasteiger charge is -2.27. The van der Waals surface area contributed by atoms with Gasteiger partial charge in [-0.2, -0.15) is 0 Å². The van der Waals surface area contributed by atoms with E-state index in [-0.39, 0.29) is 36.8 Å². The Morgan fingerprint density at radius 1 is 1.50 bits per heavy atom. The Morgan fingerprint density at radius 2 is 2.25 bits per heavy atom. The van der Waals surface area contributed by atoms with Crippen molar-refractivity contribution >= 4 is 24.2 Å². The first-order valence-electron chi connectivity index (χ1n) is 6.47. The molecule has 1 aliphatic rings. The van der Waals surface area contributed by atoms with Gasteiger partial charge in [-0.3, -0.25) is 9.59 Å². The van der Waals surface area contributed by atoms with E-state index in [0.717, 1.165) is 6.42 Å². The van der Waals surface area contributed by atoms with Gasteiger partial charge in [-0.25, -0.2) is 0 Å². The number of nitrogens with one attached hydrogen (secondary N) is 2. The zero-order valence-corrected chi connectivity index (χ0v) is 12.8. The van der Waals surface area contributed by atoms with Gasteiger partial charge in [0.05, 0.1) is 19.8 Å². The lowest BCUT2D eigenvalue weighted by molar-refractivity contribution is -0.138. The number of morpholine rings is 1. The van der Waals surface area contributed by atoms with E-state index in [2.05, 4.69) is 10.6 Å². The van der Waals surface area contributed by atoms with Crippen molar-refractivity contribution in [3.05, 3.63) is 0 Å². The van der Waals surface area contributed by atoms with Crippen molar-refractivity contribution in [1.29, 1.82) is 0 Å². The minimum atomic E-state index is -0.347. The number of carbonyl (C=O) groups excluding carboxylic acids is 2. The molecule has 0 aromatic rings. The van der Waals surface area contributed by atoms with E-state index in [1.54, 1.807) is 14.2 Å². The van der Waals surface area contributed by atoms with E-state index in [4.69, 9.17) is 9.47 Å². The molecule has 0 aliphatic carbocycles. The molecular weight excluding hydrogens is 286 g/mol. The van der Waals surface area contributed by atoms with Gasteiger partial charge in [0.2, 0.25) is 11.8 Å². The van der Waals surface area contributed by atoms with Crippen LogP contribution in [0.2, 0.25) is 0 Å². The fraction of sp³-hybridized carbons (Fsp3) is 0.833. The first kappa shape index (κ1) is 19.1. The van der Waals surface area contributed by atoms with Gasteiger partial charge in [-0.1, -0.05) is 0 Å². The summed E-state index contributed by atoms with van der Waals surface area (Å²) in [6.07, 6.45) is 0.762. The van der Waals surface area contributed by atoms with Crippen LogP contribution in [-0.4, -0.2) is 76.4 Å². The quantitative estimate of drug-likeness (QED) is 0.590. The first-order chi connectivity index (χ1) is 9.15. The molecule has 2 amide bonds. The first-order valence-corrected chi connectivity index (χ1v) is 6.47. The fourth-order valence-corrected chi connectivity index (χ4v) is 1.78. The number of hydrogen-bond donors (Lipinski definition) is 2. The van der Waals surface area contributed by atoms with Gasteiger partial charge in [-0.15, -0.1) is 12.4 Å². The molecule has 1 unspecified atom stereocenters. The molecule has 7 nitrogen and oxygen atoms in total. The average Bonchev–Trinajstić information content (AvgIpc) is 2.43. The second kappa shape index (κ2) is 10.8. The molecule has 1 heterocycles. The van der Waals surface area contributed by atoms with Crippen molar-refractivity contribution in [3.63, 3.8) is 0 Å². The second-order valence-corrected chi connectivity index (χ2v) is 4.47. The van der Waals surface area contributed by atoms with Crippen molar-refractivity contribution in [1.82, 2.24) is 15.5 Å². The highest BCUT2D eigenvalue weighted by Gasteiger charge is 2.25. The van der Waals surface area contributed by atoms with Crippen LogP contribution in [-0.2, 0) is 19.1 Å². The molecule has 0 aromatic heterocycles. The van der Waals surface area contributed by atoms with Crippen molar-refractivity contribution in [2.75, 3.05) is 53.6 Å². The summed E-state index contributed by atoms with van der Waals surface area (Å²) in [4.78, 5) is 25.0. The molecule has 2 N–H and O–H groups in total. The normalized spacial score (nSPS) is 18.0. The Balaban J connectivity index is 0.00000361. The van der Waals surface area contributed by atoms with Crippen molar-refractivity contribution in [2.24, 2.45) is 0 Å². The Kier molecular flexibility index (Phi) is 10.4. The third-order valence-corrected chi connectivity index (χ3v) is 2.82. The van der Waals surface area contributed by atoms with Crippen LogP contribution in [0.5, 0.6) is 0 Å². The van der Waals surface area contributed by atoms with Crippen LogP contribution in [0, 0.1) is 0 Å². The third kappa shape index (κ3) is 7.04. The molecular formula is C12H24ClN3O4. The maximum absolute atomic E-state index is 12.0. The lowest BCUT2D eigenvalue weighted by Crippen LogP contribution is -2.53. The molecule has 1 saturated heterocycles. The summed E-state index contributed by atoms with van der Waals surface area (Å²) in [5.74, 6) is -0.282. The third-order valence-electron chi connectivity index (χ3n) is 2.82. The van der Waals surface area contributed by atoms with Gasteiger partial charge >= 0.3 is 0 Å². The molecule has 0 bridgehead atoms. The molecule has 0 aromatic carbocycles. The van der Waals surface area contributed by atoms with Gasteiger partial charge in [0, 0.05) is 33.9 Å². The van der Waals surface area contributed by atoms with Crippen molar-refractivity contribution < 1.29 is 19.1 Å². The summed E-state index contributed by atoms with van der Waals surface area (Å²) in [6.45, 7) is 2.86. The Hall–Kier alpha value is -0.890. The maximum Gasteiger partial charge on any atom is 0.242 e. The van der Waals surface area contributed by atoms with Gasteiger partial charge in [-0.05, 0) is 6.42 Å². The number of hydrogen-bond acceptors (Lipinski definition) is 5.